The molecule has 0 unspecified atom stereocenters. The molecule has 0 atom stereocenters. The summed E-state index contributed by atoms with van der Waals surface area (Å²) in [5.41, 5.74) is 2.82. The molecule has 0 aliphatic rings. The summed E-state index contributed by atoms with van der Waals surface area (Å²) >= 11 is 1.26. The average molecular weight is 444 g/mol. The Labute approximate surface area is 185 Å². The molecule has 3 aromatic rings. The molecule has 0 aliphatic heterocycles. The van der Waals surface area contributed by atoms with Gasteiger partial charge in [0.05, 0.1) is 27.1 Å². The van der Waals surface area contributed by atoms with Crippen LogP contribution >= 0.6 is 11.8 Å². The van der Waals surface area contributed by atoms with Crippen molar-refractivity contribution in [2.45, 2.75) is 18.5 Å². The Morgan fingerprint density at radius 1 is 1.03 bits per heavy atom. The molecule has 0 saturated heterocycles. The highest BCUT2D eigenvalue weighted by Gasteiger charge is 2.15. The second-order valence-electron chi connectivity index (χ2n) is 6.63. The molecule has 1 aromatic heterocycles. The molecule has 9 nitrogen and oxygen atoms in total. The fraction of sp³-hybridized carbons (Fsp3) is 0.333. The molecule has 10 heteroatoms. The minimum absolute atomic E-state index is 0.101. The number of ether oxygens (including phenoxy) is 3. The fourth-order valence-electron chi connectivity index (χ4n) is 2.95. The van der Waals surface area contributed by atoms with Gasteiger partial charge in [0.2, 0.25) is 11.1 Å². The van der Waals surface area contributed by atoms with E-state index in [9.17, 15) is 4.79 Å². The third-order valence-electron chi connectivity index (χ3n) is 4.52. The van der Waals surface area contributed by atoms with Gasteiger partial charge in [-0.1, -0.05) is 23.9 Å². The number of tetrazole rings is 1. The van der Waals surface area contributed by atoms with Crippen LogP contribution in [-0.2, 0) is 11.2 Å². The molecule has 0 aliphatic carbocycles. The van der Waals surface area contributed by atoms with E-state index in [1.54, 1.807) is 26.0 Å². The van der Waals surface area contributed by atoms with Crippen molar-refractivity contribution >= 4 is 17.7 Å². The van der Waals surface area contributed by atoms with E-state index in [1.165, 1.54) is 11.8 Å². The number of aromatic nitrogens is 4. The lowest BCUT2D eigenvalue weighted by Crippen LogP contribution is -2.27. The van der Waals surface area contributed by atoms with Crippen molar-refractivity contribution in [3.63, 3.8) is 0 Å². The number of nitrogens with zero attached hydrogens (tertiary/aromatic N) is 4. The molecule has 1 amide bonds. The van der Waals surface area contributed by atoms with E-state index >= 15 is 0 Å². The van der Waals surface area contributed by atoms with Crippen molar-refractivity contribution < 1.29 is 19.0 Å². The van der Waals surface area contributed by atoms with E-state index in [0.29, 0.717) is 35.4 Å². The molecule has 2 aromatic carbocycles. The highest BCUT2D eigenvalue weighted by atomic mass is 32.2. The quantitative estimate of drug-likeness (QED) is 0.477. The minimum Gasteiger partial charge on any atom is -0.494 e. The van der Waals surface area contributed by atoms with Crippen LogP contribution in [0, 0.1) is 6.92 Å². The summed E-state index contributed by atoms with van der Waals surface area (Å²) in [4.78, 5) is 12.3. The summed E-state index contributed by atoms with van der Waals surface area (Å²) in [5.74, 6) is 2.09. The van der Waals surface area contributed by atoms with Crippen LogP contribution in [0.15, 0.2) is 41.6 Å². The van der Waals surface area contributed by atoms with Crippen molar-refractivity contribution in [1.29, 1.82) is 0 Å². The van der Waals surface area contributed by atoms with Gasteiger partial charge in [0.1, 0.15) is 11.4 Å². The first-order chi connectivity index (χ1) is 15.0. The fourth-order valence-corrected chi connectivity index (χ4v) is 3.66. The molecule has 0 radical (unpaired) electrons. The topological polar surface area (TPSA) is 100 Å². The molecule has 1 N–H and O–H groups in total. The van der Waals surface area contributed by atoms with Crippen molar-refractivity contribution in [3.8, 4) is 22.9 Å². The van der Waals surface area contributed by atoms with Gasteiger partial charge in [-0.15, -0.1) is 5.10 Å². The van der Waals surface area contributed by atoms with Gasteiger partial charge in [0.15, 0.2) is 11.5 Å². The zero-order valence-electron chi connectivity index (χ0n) is 17.9. The molecule has 164 valence electrons. The zero-order valence-corrected chi connectivity index (χ0v) is 18.7. The number of carbonyl (C=O) groups is 1. The van der Waals surface area contributed by atoms with Crippen LogP contribution in [0.3, 0.4) is 0 Å². The standard InChI is InChI=1S/C21H25N5O4S/c1-14-5-7-17(28-2)16(11-14)26-21(23-24-25-26)31-13-20(27)22-10-9-15-6-8-18(29-3)19(12-15)30-4/h5-8,11-12H,9-10,13H2,1-4H3,(H,22,27). The maximum absolute atomic E-state index is 12.3. The third kappa shape index (κ3) is 5.66. The Morgan fingerprint density at radius 3 is 2.52 bits per heavy atom. The summed E-state index contributed by atoms with van der Waals surface area (Å²) in [5, 5.41) is 15.3. The summed E-state index contributed by atoms with van der Waals surface area (Å²) in [6.07, 6.45) is 0.676. The van der Waals surface area contributed by atoms with Crippen molar-refractivity contribution in [2.75, 3.05) is 33.6 Å². The molecule has 0 saturated carbocycles. The van der Waals surface area contributed by atoms with E-state index in [4.69, 9.17) is 14.2 Å². The first-order valence-corrected chi connectivity index (χ1v) is 10.6. The van der Waals surface area contributed by atoms with Gasteiger partial charge < -0.3 is 19.5 Å². The van der Waals surface area contributed by atoms with Crippen LogP contribution in [0.5, 0.6) is 17.2 Å². The van der Waals surface area contributed by atoms with E-state index in [-0.39, 0.29) is 11.7 Å². The number of amides is 1. The second kappa shape index (κ2) is 10.7. The number of carbonyl (C=O) groups excluding carboxylic acids is 1. The van der Waals surface area contributed by atoms with Crippen LogP contribution in [0.4, 0.5) is 0 Å². The van der Waals surface area contributed by atoms with Crippen molar-refractivity contribution in [2.24, 2.45) is 0 Å². The lowest BCUT2D eigenvalue weighted by molar-refractivity contribution is -0.118. The maximum atomic E-state index is 12.3. The number of hydrogen-bond donors (Lipinski definition) is 1. The van der Waals surface area contributed by atoms with Gasteiger partial charge in [0.25, 0.3) is 0 Å². The van der Waals surface area contributed by atoms with Crippen LogP contribution in [-0.4, -0.2) is 59.7 Å². The number of hydrogen-bond acceptors (Lipinski definition) is 8. The normalized spacial score (nSPS) is 10.6. The second-order valence-corrected chi connectivity index (χ2v) is 7.57. The van der Waals surface area contributed by atoms with Crippen molar-refractivity contribution in [3.05, 3.63) is 47.5 Å². The van der Waals surface area contributed by atoms with E-state index in [1.807, 2.05) is 43.3 Å². The number of benzene rings is 2. The molecule has 1 heterocycles. The minimum atomic E-state index is -0.101. The summed E-state index contributed by atoms with van der Waals surface area (Å²) in [7, 11) is 4.79. The third-order valence-corrected chi connectivity index (χ3v) is 5.44. The zero-order chi connectivity index (χ0) is 22.2. The van der Waals surface area contributed by atoms with E-state index in [2.05, 4.69) is 20.8 Å². The number of rotatable bonds is 10. The Bertz CT molecular complexity index is 1040. The van der Waals surface area contributed by atoms with Gasteiger partial charge in [-0.05, 0) is 59.2 Å². The average Bonchev–Trinajstić information content (AvgIpc) is 3.26. The number of thioether (sulfide) groups is 1. The Morgan fingerprint density at radius 2 is 1.77 bits per heavy atom. The summed E-state index contributed by atoms with van der Waals surface area (Å²) in [6, 6.07) is 11.5. The molecule has 0 fully saturated rings. The first-order valence-electron chi connectivity index (χ1n) is 9.59. The van der Waals surface area contributed by atoms with Crippen LogP contribution in [0.2, 0.25) is 0 Å². The number of methoxy groups -OCH3 is 3. The van der Waals surface area contributed by atoms with Gasteiger partial charge in [-0.2, -0.15) is 4.68 Å². The Kier molecular flexibility index (Phi) is 7.71. The number of nitrogens with one attached hydrogen (secondary N) is 1. The summed E-state index contributed by atoms with van der Waals surface area (Å²) < 4.78 is 17.5. The summed E-state index contributed by atoms with van der Waals surface area (Å²) in [6.45, 7) is 2.48. The van der Waals surface area contributed by atoms with Crippen LogP contribution in [0.1, 0.15) is 11.1 Å². The predicted molar refractivity (Wildman–Crippen MR) is 117 cm³/mol. The van der Waals surface area contributed by atoms with Crippen LogP contribution in [0.25, 0.3) is 5.69 Å². The van der Waals surface area contributed by atoms with Gasteiger partial charge in [0, 0.05) is 6.54 Å². The largest absolute Gasteiger partial charge is 0.494 e. The smallest absolute Gasteiger partial charge is 0.230 e. The van der Waals surface area contributed by atoms with Crippen molar-refractivity contribution in [1.82, 2.24) is 25.5 Å². The first kappa shape index (κ1) is 22.4. The molecule has 0 bridgehead atoms. The Hall–Kier alpha value is -3.27. The Balaban J connectivity index is 1.55. The lowest BCUT2D eigenvalue weighted by atomic mass is 10.1. The lowest BCUT2D eigenvalue weighted by Gasteiger charge is -2.11. The van der Waals surface area contributed by atoms with E-state index < -0.39 is 0 Å². The monoisotopic (exact) mass is 443 g/mol. The van der Waals surface area contributed by atoms with E-state index in [0.717, 1.165) is 16.8 Å². The maximum Gasteiger partial charge on any atom is 0.230 e. The molecular formula is C21H25N5O4S. The van der Waals surface area contributed by atoms with Gasteiger partial charge in [-0.25, -0.2) is 0 Å². The molecular weight excluding hydrogens is 418 g/mol. The highest BCUT2D eigenvalue weighted by Crippen LogP contribution is 2.28. The molecule has 31 heavy (non-hydrogen) atoms. The van der Waals surface area contributed by atoms with Gasteiger partial charge >= 0.3 is 0 Å². The molecule has 3 rings (SSSR count). The SMILES string of the molecule is COc1ccc(CCNC(=O)CSc2nnnn2-c2cc(C)ccc2OC)cc1OC. The van der Waals surface area contributed by atoms with Gasteiger partial charge in [-0.3, -0.25) is 4.79 Å². The van der Waals surface area contributed by atoms with Crippen LogP contribution < -0.4 is 19.5 Å². The number of aryl methyl sites for hydroxylation is 1. The predicted octanol–water partition coefficient (Wildman–Crippen LogP) is 2.45. The molecule has 0 spiro atoms. The highest BCUT2D eigenvalue weighted by molar-refractivity contribution is 7.99.